The summed E-state index contributed by atoms with van der Waals surface area (Å²) in [5.41, 5.74) is 3.05. The van der Waals surface area contributed by atoms with Crippen molar-refractivity contribution in [2.24, 2.45) is 0 Å². The van der Waals surface area contributed by atoms with Crippen LogP contribution in [0.5, 0.6) is 0 Å². The summed E-state index contributed by atoms with van der Waals surface area (Å²) in [6.07, 6.45) is 0. The zero-order chi connectivity index (χ0) is 9.31. The number of aromatic nitrogens is 1. The molecule has 2 unspecified atom stereocenters. The maximum absolute atomic E-state index is 4.36. The molecule has 1 aliphatic rings. The Morgan fingerprint density at radius 2 is 2.54 bits per heavy atom. The van der Waals surface area contributed by atoms with Crippen molar-refractivity contribution < 1.29 is 0 Å². The Labute approximate surface area is 82.6 Å². The quantitative estimate of drug-likeness (QED) is 0.703. The molecule has 0 saturated carbocycles. The first kappa shape index (κ1) is 9.12. The van der Waals surface area contributed by atoms with Gasteiger partial charge in [0.2, 0.25) is 0 Å². The Kier molecular flexibility index (Phi) is 2.36. The summed E-state index contributed by atoms with van der Waals surface area (Å²) in [5.74, 6) is 0. The molecule has 0 amide bonds. The molecule has 2 N–H and O–H groups in total. The zero-order valence-corrected chi connectivity index (χ0v) is 8.82. The van der Waals surface area contributed by atoms with Gasteiger partial charge in [-0.2, -0.15) is 0 Å². The van der Waals surface area contributed by atoms with Crippen molar-refractivity contribution in [3.63, 3.8) is 0 Å². The Hall–Kier alpha value is -0.450. The standard InChI is InChI=1S/C9H15N3S/c1-7-3-10-5-9(2,12-7)8-4-13-6-11-8/h4,6-7,10,12H,3,5H2,1-2H3. The van der Waals surface area contributed by atoms with Crippen molar-refractivity contribution in [1.29, 1.82) is 0 Å². The number of piperazine rings is 1. The summed E-state index contributed by atoms with van der Waals surface area (Å²) >= 11 is 1.65. The Bertz CT molecular complexity index is 272. The zero-order valence-electron chi connectivity index (χ0n) is 8.00. The van der Waals surface area contributed by atoms with Crippen LogP contribution < -0.4 is 10.6 Å². The molecule has 72 valence electrons. The van der Waals surface area contributed by atoms with Gasteiger partial charge in [-0.1, -0.05) is 0 Å². The lowest BCUT2D eigenvalue weighted by molar-refractivity contribution is 0.250. The fourth-order valence-corrected chi connectivity index (χ4v) is 2.52. The van der Waals surface area contributed by atoms with E-state index in [9.17, 15) is 0 Å². The van der Waals surface area contributed by atoms with Crippen LogP contribution in [0.4, 0.5) is 0 Å². The molecule has 1 fully saturated rings. The molecule has 1 saturated heterocycles. The van der Waals surface area contributed by atoms with Crippen molar-refractivity contribution in [2.75, 3.05) is 13.1 Å². The summed E-state index contributed by atoms with van der Waals surface area (Å²) in [5, 5.41) is 9.11. The second-order valence-corrected chi connectivity index (χ2v) is 4.60. The third-order valence-electron chi connectivity index (χ3n) is 2.49. The normalized spacial score (nSPS) is 34.8. The highest BCUT2D eigenvalue weighted by Crippen LogP contribution is 2.22. The lowest BCUT2D eigenvalue weighted by Crippen LogP contribution is -2.59. The SMILES string of the molecule is CC1CNCC(C)(c2cscn2)N1. The summed E-state index contributed by atoms with van der Waals surface area (Å²) in [4.78, 5) is 4.36. The van der Waals surface area contributed by atoms with Crippen molar-refractivity contribution in [2.45, 2.75) is 25.4 Å². The van der Waals surface area contributed by atoms with Crippen molar-refractivity contribution in [3.05, 3.63) is 16.6 Å². The van der Waals surface area contributed by atoms with Crippen molar-refractivity contribution in [1.82, 2.24) is 15.6 Å². The topological polar surface area (TPSA) is 37.0 Å². The van der Waals surface area contributed by atoms with Gasteiger partial charge in [0, 0.05) is 24.5 Å². The first-order chi connectivity index (χ1) is 6.21. The summed E-state index contributed by atoms with van der Waals surface area (Å²) < 4.78 is 0. The van der Waals surface area contributed by atoms with Gasteiger partial charge in [0.15, 0.2) is 0 Å². The molecule has 1 aromatic rings. The minimum atomic E-state index is 0.0116. The van der Waals surface area contributed by atoms with E-state index in [0.29, 0.717) is 6.04 Å². The van der Waals surface area contributed by atoms with Crippen LogP contribution in [0.3, 0.4) is 0 Å². The molecule has 4 heteroatoms. The smallest absolute Gasteiger partial charge is 0.0795 e. The Balaban J connectivity index is 2.20. The molecule has 0 radical (unpaired) electrons. The Morgan fingerprint density at radius 3 is 3.15 bits per heavy atom. The van der Waals surface area contributed by atoms with Gasteiger partial charge < -0.3 is 10.6 Å². The van der Waals surface area contributed by atoms with Crippen LogP contribution >= 0.6 is 11.3 Å². The first-order valence-corrected chi connectivity index (χ1v) is 5.52. The number of nitrogens with one attached hydrogen (secondary N) is 2. The Morgan fingerprint density at radius 1 is 1.69 bits per heavy atom. The van der Waals surface area contributed by atoms with E-state index in [-0.39, 0.29) is 5.54 Å². The number of nitrogens with zero attached hydrogens (tertiary/aromatic N) is 1. The van der Waals surface area contributed by atoms with Crippen LogP contribution in [0.2, 0.25) is 0 Å². The van der Waals surface area contributed by atoms with Gasteiger partial charge in [-0.25, -0.2) is 4.98 Å². The van der Waals surface area contributed by atoms with Gasteiger partial charge in [-0.3, -0.25) is 0 Å². The fourth-order valence-electron chi connectivity index (χ4n) is 1.83. The molecular formula is C9H15N3S. The second-order valence-electron chi connectivity index (χ2n) is 3.88. The van der Waals surface area contributed by atoms with Crippen LogP contribution in [0.25, 0.3) is 0 Å². The third-order valence-corrected chi connectivity index (χ3v) is 3.08. The van der Waals surface area contributed by atoms with Gasteiger partial charge in [-0.05, 0) is 13.8 Å². The highest BCUT2D eigenvalue weighted by molar-refractivity contribution is 7.07. The summed E-state index contributed by atoms with van der Waals surface area (Å²) in [6, 6.07) is 0.514. The molecule has 2 rings (SSSR count). The van der Waals surface area contributed by atoms with E-state index < -0.39 is 0 Å². The van der Waals surface area contributed by atoms with Crippen LogP contribution in [0, 0.1) is 0 Å². The number of thiazole rings is 1. The van der Waals surface area contributed by atoms with Gasteiger partial charge in [0.25, 0.3) is 0 Å². The van der Waals surface area contributed by atoms with Crippen molar-refractivity contribution >= 4 is 11.3 Å². The molecule has 0 spiro atoms. The maximum atomic E-state index is 4.36. The van der Waals surface area contributed by atoms with E-state index in [2.05, 4.69) is 34.8 Å². The minimum Gasteiger partial charge on any atom is -0.313 e. The van der Waals surface area contributed by atoms with E-state index in [0.717, 1.165) is 18.8 Å². The lowest BCUT2D eigenvalue weighted by atomic mass is 9.95. The third kappa shape index (κ3) is 1.75. The fraction of sp³-hybridized carbons (Fsp3) is 0.667. The van der Waals surface area contributed by atoms with Crippen molar-refractivity contribution in [3.8, 4) is 0 Å². The van der Waals surface area contributed by atoms with E-state index in [1.807, 2.05) is 5.51 Å². The number of hydrogen-bond donors (Lipinski definition) is 2. The average Bonchev–Trinajstić information content (AvgIpc) is 2.55. The van der Waals surface area contributed by atoms with Crippen LogP contribution in [0.1, 0.15) is 19.5 Å². The largest absolute Gasteiger partial charge is 0.313 e. The van der Waals surface area contributed by atoms with Crippen LogP contribution in [-0.2, 0) is 5.54 Å². The molecular weight excluding hydrogens is 182 g/mol. The molecule has 0 aliphatic carbocycles. The van der Waals surface area contributed by atoms with E-state index in [1.54, 1.807) is 11.3 Å². The minimum absolute atomic E-state index is 0.0116. The number of hydrogen-bond acceptors (Lipinski definition) is 4. The van der Waals surface area contributed by atoms with Gasteiger partial charge in [-0.15, -0.1) is 11.3 Å². The molecule has 0 aromatic carbocycles. The highest BCUT2D eigenvalue weighted by atomic mass is 32.1. The van der Waals surface area contributed by atoms with Crippen LogP contribution in [-0.4, -0.2) is 24.1 Å². The lowest BCUT2D eigenvalue weighted by Gasteiger charge is -2.38. The van der Waals surface area contributed by atoms with Gasteiger partial charge >= 0.3 is 0 Å². The molecule has 2 heterocycles. The summed E-state index contributed by atoms with van der Waals surface area (Å²) in [6.45, 7) is 6.39. The maximum Gasteiger partial charge on any atom is 0.0795 e. The molecule has 13 heavy (non-hydrogen) atoms. The van der Waals surface area contributed by atoms with E-state index >= 15 is 0 Å². The molecule has 1 aromatic heterocycles. The number of rotatable bonds is 1. The molecule has 0 bridgehead atoms. The molecule has 1 aliphatic heterocycles. The predicted molar refractivity (Wildman–Crippen MR) is 54.9 cm³/mol. The first-order valence-electron chi connectivity index (χ1n) is 4.58. The monoisotopic (exact) mass is 197 g/mol. The van der Waals surface area contributed by atoms with E-state index in [1.165, 1.54) is 0 Å². The van der Waals surface area contributed by atoms with Gasteiger partial charge in [0.05, 0.1) is 16.7 Å². The second kappa shape index (κ2) is 3.36. The van der Waals surface area contributed by atoms with Gasteiger partial charge in [0.1, 0.15) is 0 Å². The predicted octanol–water partition coefficient (Wildman–Crippen LogP) is 0.940. The average molecular weight is 197 g/mol. The van der Waals surface area contributed by atoms with Crippen LogP contribution in [0.15, 0.2) is 10.9 Å². The molecule has 2 atom stereocenters. The molecule has 3 nitrogen and oxygen atoms in total. The highest BCUT2D eigenvalue weighted by Gasteiger charge is 2.32. The summed E-state index contributed by atoms with van der Waals surface area (Å²) in [7, 11) is 0. The van der Waals surface area contributed by atoms with E-state index in [4.69, 9.17) is 0 Å².